The van der Waals surface area contributed by atoms with E-state index in [4.69, 9.17) is 5.11 Å². The van der Waals surface area contributed by atoms with E-state index in [0.717, 1.165) is 11.0 Å². The fourth-order valence-electron chi connectivity index (χ4n) is 9.14. The van der Waals surface area contributed by atoms with Crippen molar-refractivity contribution in [3.8, 4) is 0 Å². The number of nitrogens with zero attached hydrogens (tertiary/aromatic N) is 2. The lowest BCUT2D eigenvalue weighted by Crippen LogP contribution is -2.51. The quantitative estimate of drug-likeness (QED) is 0.135. The number of carbonyl (C=O) groups excluding carboxylic acids is 1. The molecule has 0 unspecified atom stereocenters. The van der Waals surface area contributed by atoms with Gasteiger partial charge in [0, 0.05) is 21.8 Å². The minimum Gasteiger partial charge on any atom is -0.478 e. The van der Waals surface area contributed by atoms with Crippen LogP contribution in [0.3, 0.4) is 0 Å². The summed E-state index contributed by atoms with van der Waals surface area (Å²) >= 11 is 0. The van der Waals surface area contributed by atoms with E-state index >= 15 is 0 Å². The molecule has 0 atom stereocenters. The van der Waals surface area contributed by atoms with Crippen LogP contribution in [0.5, 0.6) is 0 Å². The Labute approximate surface area is 276 Å². The average molecular weight is 669 g/mol. The van der Waals surface area contributed by atoms with E-state index in [2.05, 4.69) is 91.6 Å². The van der Waals surface area contributed by atoms with Crippen LogP contribution >= 0.6 is 0 Å². The lowest BCUT2D eigenvalue weighted by Gasteiger charge is -2.44. The molecule has 0 saturated carbocycles. The van der Waals surface area contributed by atoms with Crippen molar-refractivity contribution in [1.29, 1.82) is 0 Å². The molecule has 0 spiro atoms. The molecule has 0 aliphatic carbocycles. The molecule has 2 aromatic carbocycles. The summed E-state index contributed by atoms with van der Waals surface area (Å²) in [6, 6.07) is 10.3. The van der Waals surface area contributed by atoms with Crippen LogP contribution < -0.4 is 0 Å². The van der Waals surface area contributed by atoms with Crippen LogP contribution in [-0.4, -0.2) is 41.8 Å². The van der Waals surface area contributed by atoms with Gasteiger partial charge in [0.15, 0.2) is 22.3 Å². The Morgan fingerprint density at radius 1 is 0.565 bits per heavy atom. The number of fused-ring (bicyclic) bond motifs is 2. The summed E-state index contributed by atoms with van der Waals surface area (Å²) in [6.45, 7) is 28.7. The van der Waals surface area contributed by atoms with Gasteiger partial charge < -0.3 is 13.6 Å². The second kappa shape index (κ2) is 14.0. The van der Waals surface area contributed by atoms with Crippen molar-refractivity contribution in [3.05, 3.63) is 71.6 Å². The summed E-state index contributed by atoms with van der Waals surface area (Å²) < 4.78 is 33.9. The Hall–Kier alpha value is -3.05. The summed E-state index contributed by atoms with van der Waals surface area (Å²) in [5, 5.41) is 10.1. The average Bonchev–Trinajstić information content (AvgIpc) is 3.55. The molecule has 0 amide bonds. The normalized spacial score (nSPS) is 12.8. The van der Waals surface area contributed by atoms with Gasteiger partial charge in [-0.05, 0) is 89.0 Å². The molecule has 0 aliphatic rings. The monoisotopic (exact) mass is 668 g/mol. The number of hydrogen-bond acceptors (Lipinski definition) is 2. The molecule has 0 aliphatic heterocycles. The first-order valence-electron chi connectivity index (χ1n) is 16.6. The van der Waals surface area contributed by atoms with Crippen LogP contribution in [0.2, 0.25) is 33.2 Å². The molecule has 0 bridgehead atoms. The number of hydrogen-bond donors (Lipinski definition) is 1. The number of rotatable bonds is 10. The summed E-state index contributed by atoms with van der Waals surface area (Å²) in [6.07, 6.45) is 4.01. The third kappa shape index (κ3) is 5.93. The van der Waals surface area contributed by atoms with Crippen LogP contribution in [0.1, 0.15) is 111 Å². The maximum absolute atomic E-state index is 14.7. The molecule has 9 heteroatoms. The van der Waals surface area contributed by atoms with Crippen molar-refractivity contribution < 1.29 is 23.5 Å². The van der Waals surface area contributed by atoms with Crippen molar-refractivity contribution in [2.75, 3.05) is 0 Å². The van der Waals surface area contributed by atoms with Gasteiger partial charge in [-0.2, -0.15) is 0 Å². The Bertz CT molecular complexity index is 1550. The van der Waals surface area contributed by atoms with E-state index in [1.54, 1.807) is 18.2 Å². The standard InChI is InChI=1S/C19H28FNOSi.C18H26FNO2Si/c1-12(2)23(13(3)4,14(5)6)21-11-10-17-18(21)9-8-16(15(7)22)19(17)20;1-11(2)23(12(3)4,13(5)6)20-10-9-14-16(20)8-7-15(17(14)19)18(21)22/h8-14H,1-7H3;7-13H,1-6H3,(H,21,22). The SMILES string of the molecule is CC(=O)c1ccc2c(ccn2[Si](C(C)C)(C(C)C)C(C)C)c1F.CC(C)[Si](C(C)C)(C(C)C)n1ccc2c(F)c(C(=O)O)ccc21. The highest BCUT2D eigenvalue weighted by Crippen LogP contribution is 2.46. The molecule has 46 heavy (non-hydrogen) atoms. The number of benzene rings is 2. The van der Waals surface area contributed by atoms with Gasteiger partial charge in [0.1, 0.15) is 11.6 Å². The van der Waals surface area contributed by atoms with E-state index in [-0.39, 0.29) is 22.7 Å². The highest BCUT2D eigenvalue weighted by molar-refractivity contribution is 6.83. The summed E-state index contributed by atoms with van der Waals surface area (Å²) in [4.78, 5) is 22.8. The van der Waals surface area contributed by atoms with Crippen LogP contribution in [0, 0.1) is 11.6 Å². The first-order chi connectivity index (χ1) is 21.3. The molecule has 252 valence electrons. The number of aromatic nitrogens is 2. The van der Waals surface area contributed by atoms with Gasteiger partial charge in [-0.15, -0.1) is 0 Å². The Kier molecular flexibility index (Phi) is 11.4. The smallest absolute Gasteiger partial charge is 0.338 e. The van der Waals surface area contributed by atoms with Crippen molar-refractivity contribution in [2.24, 2.45) is 0 Å². The van der Waals surface area contributed by atoms with Gasteiger partial charge >= 0.3 is 5.97 Å². The zero-order valence-electron chi connectivity index (χ0n) is 30.0. The molecular formula is C37H54F2N2O3Si2. The largest absolute Gasteiger partial charge is 0.478 e. The fourth-order valence-corrected chi connectivity index (χ4v) is 22.4. The second-order valence-electron chi connectivity index (χ2n) is 14.7. The number of aromatic carboxylic acids is 1. The number of Topliss-reactive ketones (excluding diaryl/α,β-unsaturated/α-hetero) is 1. The molecule has 2 aromatic heterocycles. The molecule has 0 fully saturated rings. The van der Waals surface area contributed by atoms with E-state index < -0.39 is 28.3 Å². The van der Waals surface area contributed by atoms with Gasteiger partial charge in [0.2, 0.25) is 0 Å². The number of carbonyl (C=O) groups is 2. The van der Waals surface area contributed by atoms with E-state index in [0.29, 0.717) is 44.0 Å². The molecule has 5 nitrogen and oxygen atoms in total. The van der Waals surface area contributed by atoms with E-state index in [1.807, 2.05) is 24.5 Å². The Morgan fingerprint density at radius 2 is 0.870 bits per heavy atom. The first-order valence-corrected chi connectivity index (χ1v) is 21.0. The molecule has 0 saturated heterocycles. The topological polar surface area (TPSA) is 64.2 Å². The fraction of sp³-hybridized carbons (Fsp3) is 0.514. The van der Waals surface area contributed by atoms with Gasteiger partial charge in [0.05, 0.1) is 11.1 Å². The lowest BCUT2D eigenvalue weighted by molar-refractivity contribution is 0.0692. The Balaban J connectivity index is 0.000000250. The van der Waals surface area contributed by atoms with Gasteiger partial charge in [-0.25, -0.2) is 13.6 Å². The van der Waals surface area contributed by atoms with Crippen LogP contribution in [0.15, 0.2) is 48.8 Å². The van der Waals surface area contributed by atoms with Crippen molar-refractivity contribution in [2.45, 2.75) is 123 Å². The van der Waals surface area contributed by atoms with Gasteiger partial charge in [-0.3, -0.25) is 4.79 Å². The van der Waals surface area contributed by atoms with Crippen molar-refractivity contribution in [3.63, 3.8) is 0 Å². The number of carboxylic acid groups (broad SMARTS) is 1. The van der Waals surface area contributed by atoms with Gasteiger partial charge in [0.25, 0.3) is 0 Å². The predicted octanol–water partition coefficient (Wildman–Crippen LogP) is 11.5. The zero-order valence-corrected chi connectivity index (χ0v) is 32.0. The number of carboxylic acids is 1. The highest BCUT2D eigenvalue weighted by Gasteiger charge is 2.47. The molecular weight excluding hydrogens is 615 g/mol. The van der Waals surface area contributed by atoms with Crippen LogP contribution in [0.25, 0.3) is 21.8 Å². The highest BCUT2D eigenvalue weighted by atomic mass is 28.3. The third-order valence-electron chi connectivity index (χ3n) is 10.6. The van der Waals surface area contributed by atoms with Gasteiger partial charge in [-0.1, -0.05) is 83.1 Å². The van der Waals surface area contributed by atoms with E-state index in [1.165, 1.54) is 13.0 Å². The molecule has 4 aromatic rings. The molecule has 4 rings (SSSR count). The second-order valence-corrected chi connectivity index (χ2v) is 26.1. The van der Waals surface area contributed by atoms with Crippen LogP contribution in [-0.2, 0) is 0 Å². The zero-order chi connectivity index (χ0) is 35.0. The summed E-state index contributed by atoms with van der Waals surface area (Å²) in [7, 11) is -3.90. The van der Waals surface area contributed by atoms with Crippen LogP contribution in [0.4, 0.5) is 8.78 Å². The van der Waals surface area contributed by atoms with Crippen molar-refractivity contribution in [1.82, 2.24) is 8.47 Å². The van der Waals surface area contributed by atoms with E-state index in [9.17, 15) is 18.4 Å². The molecule has 1 N–H and O–H groups in total. The Morgan fingerprint density at radius 3 is 1.15 bits per heavy atom. The summed E-state index contributed by atoms with van der Waals surface area (Å²) in [5.41, 5.74) is 4.73. The number of halogens is 2. The third-order valence-corrected chi connectivity index (χ3v) is 24.2. The number of ketones is 1. The maximum Gasteiger partial charge on any atom is 0.338 e. The first kappa shape index (κ1) is 37.4. The summed E-state index contributed by atoms with van der Waals surface area (Å²) in [5.74, 6) is -2.46. The predicted molar refractivity (Wildman–Crippen MR) is 194 cm³/mol. The van der Waals surface area contributed by atoms with Crippen molar-refractivity contribution >= 4 is 50.0 Å². The minimum atomic E-state index is -1.98. The maximum atomic E-state index is 14.7. The molecule has 2 heterocycles. The molecule has 0 radical (unpaired) electrons. The lowest BCUT2D eigenvalue weighted by atomic mass is 10.1. The minimum absolute atomic E-state index is 0.182.